The van der Waals surface area contributed by atoms with Crippen molar-refractivity contribution >= 4 is 42.3 Å². The number of esters is 1. The third-order valence-electron chi connectivity index (χ3n) is 4.75. The molecule has 0 amide bonds. The lowest BCUT2D eigenvalue weighted by molar-refractivity contribution is -0.144. The van der Waals surface area contributed by atoms with Crippen LogP contribution in [0, 0.1) is 5.82 Å². The van der Waals surface area contributed by atoms with E-state index in [0.29, 0.717) is 5.56 Å². The van der Waals surface area contributed by atoms with Gasteiger partial charge in [-0.3, -0.25) is 14.6 Å². The molecule has 0 bridgehead atoms. The Balaban J connectivity index is 0.00000272. The minimum absolute atomic E-state index is 0. The molecule has 0 aliphatic heterocycles. The predicted octanol–water partition coefficient (Wildman–Crippen LogP) is 5.19. The molecule has 0 spiro atoms. The highest BCUT2D eigenvalue weighted by atomic mass is 35.5. The van der Waals surface area contributed by atoms with Gasteiger partial charge in [-0.25, -0.2) is 9.40 Å². The number of pyridine rings is 1. The van der Waals surface area contributed by atoms with Crippen LogP contribution in [0.1, 0.15) is 24.2 Å². The van der Waals surface area contributed by atoms with Gasteiger partial charge in [0, 0.05) is 18.0 Å². The van der Waals surface area contributed by atoms with Crippen LogP contribution in [0.5, 0.6) is 0 Å². The molecule has 1 heterocycles. The summed E-state index contributed by atoms with van der Waals surface area (Å²) in [5.74, 6) is -1.23. The van der Waals surface area contributed by atoms with E-state index in [0.717, 1.165) is 11.1 Å². The molecule has 9 heteroatoms. The highest BCUT2D eigenvalue weighted by molar-refractivity contribution is 6.00. The lowest BCUT2D eigenvalue weighted by Crippen LogP contribution is -2.46. The van der Waals surface area contributed by atoms with Gasteiger partial charge in [-0.05, 0) is 49.2 Å². The smallest absolute Gasteiger partial charge is 0.322 e. The van der Waals surface area contributed by atoms with Crippen molar-refractivity contribution in [2.45, 2.75) is 19.9 Å². The summed E-state index contributed by atoms with van der Waals surface area (Å²) in [5, 5.41) is 1.39. The zero-order valence-electron chi connectivity index (χ0n) is 18.2. The molecule has 1 N–H and O–H groups in total. The van der Waals surface area contributed by atoms with Crippen LogP contribution in [0.15, 0.2) is 73.1 Å². The van der Waals surface area contributed by atoms with Crippen LogP contribution in [-0.2, 0) is 9.53 Å². The number of ketones is 1. The standard InChI is InChI=1S/C24H24FN3O3.2ClH/c1-3-31-23(29)16-28(17(2)24(30)19-7-5-4-6-8-19)27-22-15-20(9-10-21(22)25)18-11-13-26-14-12-18;;/h4-15,17,27H,3,16H2,1-2H3;2*1H. The number of ether oxygens (including phenoxy) is 1. The monoisotopic (exact) mass is 493 g/mol. The second-order valence-corrected chi connectivity index (χ2v) is 6.88. The van der Waals surface area contributed by atoms with Crippen molar-refractivity contribution < 1.29 is 18.7 Å². The van der Waals surface area contributed by atoms with E-state index >= 15 is 0 Å². The van der Waals surface area contributed by atoms with Crippen LogP contribution >= 0.6 is 24.8 Å². The van der Waals surface area contributed by atoms with Crippen molar-refractivity contribution in [1.29, 1.82) is 0 Å². The fraction of sp³-hybridized carbons (Fsp3) is 0.208. The van der Waals surface area contributed by atoms with Gasteiger partial charge in [0.25, 0.3) is 0 Å². The molecule has 0 radical (unpaired) electrons. The van der Waals surface area contributed by atoms with Crippen LogP contribution < -0.4 is 5.43 Å². The average molecular weight is 494 g/mol. The number of carbonyl (C=O) groups excluding carboxylic acids is 2. The first-order chi connectivity index (χ1) is 15.0. The summed E-state index contributed by atoms with van der Waals surface area (Å²) in [5.41, 5.74) is 5.19. The molecule has 1 aromatic heterocycles. The Bertz CT molecular complexity index is 1040. The first kappa shape index (κ1) is 28.0. The predicted molar refractivity (Wildman–Crippen MR) is 131 cm³/mol. The molecule has 1 unspecified atom stereocenters. The Morgan fingerprint density at radius 3 is 2.33 bits per heavy atom. The number of halogens is 3. The van der Waals surface area contributed by atoms with Crippen molar-refractivity contribution in [3.05, 3.63) is 84.4 Å². The first-order valence-electron chi connectivity index (χ1n) is 9.97. The van der Waals surface area contributed by atoms with Crippen molar-refractivity contribution in [3.8, 4) is 11.1 Å². The maximum atomic E-state index is 14.6. The van der Waals surface area contributed by atoms with Crippen LogP contribution in [0.25, 0.3) is 11.1 Å². The van der Waals surface area contributed by atoms with Gasteiger partial charge in [-0.1, -0.05) is 36.4 Å². The molecule has 0 saturated heterocycles. The highest BCUT2D eigenvalue weighted by Gasteiger charge is 2.26. The Kier molecular flexibility index (Phi) is 11.5. The maximum Gasteiger partial charge on any atom is 0.322 e. The number of aromatic nitrogens is 1. The van der Waals surface area contributed by atoms with Gasteiger partial charge < -0.3 is 10.2 Å². The average Bonchev–Trinajstić information content (AvgIpc) is 2.80. The van der Waals surface area contributed by atoms with Crippen LogP contribution in [-0.4, -0.2) is 40.9 Å². The topological polar surface area (TPSA) is 71.5 Å². The molecule has 2 aromatic carbocycles. The van der Waals surface area contributed by atoms with E-state index in [1.54, 1.807) is 62.6 Å². The fourth-order valence-electron chi connectivity index (χ4n) is 3.09. The normalized spacial score (nSPS) is 11.0. The Labute approximate surface area is 205 Å². The number of rotatable bonds is 9. The summed E-state index contributed by atoms with van der Waals surface area (Å²) < 4.78 is 19.7. The van der Waals surface area contributed by atoms with Crippen molar-refractivity contribution in [2.24, 2.45) is 0 Å². The van der Waals surface area contributed by atoms with Crippen LogP contribution in [0.3, 0.4) is 0 Å². The Hall–Kier alpha value is -3.00. The maximum absolute atomic E-state index is 14.6. The molecule has 0 aliphatic carbocycles. The zero-order valence-corrected chi connectivity index (χ0v) is 19.9. The highest BCUT2D eigenvalue weighted by Crippen LogP contribution is 2.25. The van der Waals surface area contributed by atoms with E-state index in [9.17, 15) is 14.0 Å². The molecule has 0 fully saturated rings. The molecule has 33 heavy (non-hydrogen) atoms. The number of hydrazine groups is 1. The van der Waals surface area contributed by atoms with Crippen molar-refractivity contribution in [2.75, 3.05) is 18.6 Å². The molecule has 176 valence electrons. The first-order valence-corrected chi connectivity index (χ1v) is 9.97. The van der Waals surface area contributed by atoms with Crippen LogP contribution in [0.4, 0.5) is 10.1 Å². The van der Waals surface area contributed by atoms with Gasteiger partial charge in [0.15, 0.2) is 5.78 Å². The molecular weight excluding hydrogens is 468 g/mol. The van der Waals surface area contributed by atoms with Crippen molar-refractivity contribution in [1.82, 2.24) is 9.99 Å². The third-order valence-corrected chi connectivity index (χ3v) is 4.75. The second kappa shape index (κ2) is 13.5. The number of hydrogen-bond donors (Lipinski definition) is 1. The van der Waals surface area contributed by atoms with Gasteiger partial charge >= 0.3 is 5.97 Å². The summed E-state index contributed by atoms with van der Waals surface area (Å²) in [6.45, 7) is 3.34. The number of benzene rings is 2. The van der Waals surface area contributed by atoms with Gasteiger partial charge in [0.05, 0.1) is 18.3 Å². The number of anilines is 1. The van der Waals surface area contributed by atoms with E-state index < -0.39 is 17.8 Å². The van der Waals surface area contributed by atoms with E-state index in [2.05, 4.69) is 10.4 Å². The van der Waals surface area contributed by atoms with Gasteiger partial charge in [-0.15, -0.1) is 24.8 Å². The SMILES string of the molecule is CCOC(=O)CN(Nc1cc(-c2ccncc2)ccc1F)C(C)C(=O)c1ccccc1.Cl.Cl. The van der Waals surface area contributed by atoms with Gasteiger partial charge in [-0.2, -0.15) is 0 Å². The summed E-state index contributed by atoms with van der Waals surface area (Å²) >= 11 is 0. The molecule has 3 aromatic rings. The van der Waals surface area contributed by atoms with Crippen LogP contribution in [0.2, 0.25) is 0 Å². The summed E-state index contributed by atoms with van der Waals surface area (Å²) in [7, 11) is 0. The lowest BCUT2D eigenvalue weighted by atomic mass is 10.0. The molecule has 1 atom stereocenters. The molecule has 0 saturated carbocycles. The quantitative estimate of drug-likeness (QED) is 0.251. The summed E-state index contributed by atoms with van der Waals surface area (Å²) in [4.78, 5) is 29.1. The molecule has 0 aliphatic rings. The summed E-state index contributed by atoms with van der Waals surface area (Å²) in [6.07, 6.45) is 3.30. The minimum atomic E-state index is -0.754. The Morgan fingerprint density at radius 1 is 1.03 bits per heavy atom. The van der Waals surface area contributed by atoms with E-state index in [1.807, 2.05) is 18.2 Å². The number of hydrogen-bond acceptors (Lipinski definition) is 6. The minimum Gasteiger partial charge on any atom is -0.465 e. The van der Waals surface area contributed by atoms with Gasteiger partial charge in [0.2, 0.25) is 0 Å². The zero-order chi connectivity index (χ0) is 22.2. The Morgan fingerprint density at radius 2 is 1.70 bits per heavy atom. The number of carbonyl (C=O) groups is 2. The van der Waals surface area contributed by atoms with E-state index in [-0.39, 0.29) is 49.4 Å². The third kappa shape index (κ3) is 7.53. The van der Waals surface area contributed by atoms with E-state index in [1.165, 1.54) is 11.1 Å². The van der Waals surface area contributed by atoms with Gasteiger partial charge in [0.1, 0.15) is 12.4 Å². The molecule has 3 rings (SSSR count). The number of nitrogens with zero attached hydrogens (tertiary/aromatic N) is 2. The van der Waals surface area contributed by atoms with E-state index in [4.69, 9.17) is 4.74 Å². The second-order valence-electron chi connectivity index (χ2n) is 6.88. The molecule has 6 nitrogen and oxygen atoms in total. The largest absolute Gasteiger partial charge is 0.465 e. The molecular formula is C24H26Cl2FN3O3. The number of nitrogens with one attached hydrogen (secondary N) is 1. The number of Topliss-reactive ketones (excluding diaryl/α,β-unsaturated/α-hetero) is 1. The summed E-state index contributed by atoms with van der Waals surface area (Å²) in [6, 6.07) is 16.2. The van der Waals surface area contributed by atoms with Crippen molar-refractivity contribution in [3.63, 3.8) is 0 Å². The fourth-order valence-corrected chi connectivity index (χ4v) is 3.09. The lowest BCUT2D eigenvalue weighted by Gasteiger charge is -2.29.